The SMILES string of the molecule is Cc1cc(C)c([C@@H](C)NC(=O)c2ccc(OCc3ccccc3Cl)cc2)cc1C. The van der Waals surface area contributed by atoms with Gasteiger partial charge in [-0.15, -0.1) is 0 Å². The van der Waals surface area contributed by atoms with Gasteiger partial charge in [0.2, 0.25) is 0 Å². The predicted molar refractivity (Wildman–Crippen MR) is 119 cm³/mol. The average Bonchev–Trinajstić information content (AvgIpc) is 2.70. The standard InChI is InChI=1S/C25H26ClNO2/c1-16-13-18(3)23(14-17(16)2)19(4)27-25(28)20-9-11-22(12-10-20)29-15-21-7-5-6-8-24(21)26/h5-14,19H,15H2,1-4H3,(H,27,28)/t19-/m1/s1. The second-order valence-electron chi connectivity index (χ2n) is 7.39. The lowest BCUT2D eigenvalue weighted by atomic mass is 9.96. The summed E-state index contributed by atoms with van der Waals surface area (Å²) < 4.78 is 5.78. The first-order valence-electron chi connectivity index (χ1n) is 9.70. The van der Waals surface area contributed by atoms with Gasteiger partial charge in [0, 0.05) is 16.1 Å². The third-order valence-electron chi connectivity index (χ3n) is 5.17. The maximum absolute atomic E-state index is 12.7. The second-order valence-corrected chi connectivity index (χ2v) is 7.80. The quantitative estimate of drug-likeness (QED) is 0.518. The third-order valence-corrected chi connectivity index (χ3v) is 5.53. The van der Waals surface area contributed by atoms with Crippen LogP contribution in [0.3, 0.4) is 0 Å². The van der Waals surface area contributed by atoms with Crippen LogP contribution in [0.1, 0.15) is 51.1 Å². The fraction of sp³-hybridized carbons (Fsp3) is 0.240. The van der Waals surface area contributed by atoms with E-state index in [9.17, 15) is 4.79 Å². The Balaban J connectivity index is 1.63. The minimum Gasteiger partial charge on any atom is -0.489 e. The van der Waals surface area contributed by atoms with E-state index in [-0.39, 0.29) is 11.9 Å². The Hall–Kier alpha value is -2.78. The zero-order valence-corrected chi connectivity index (χ0v) is 18.0. The molecule has 0 aromatic heterocycles. The Labute approximate surface area is 177 Å². The molecule has 3 rings (SSSR count). The molecule has 3 nitrogen and oxygen atoms in total. The number of carbonyl (C=O) groups excluding carboxylic acids is 1. The van der Waals surface area contributed by atoms with Gasteiger partial charge < -0.3 is 10.1 Å². The molecule has 29 heavy (non-hydrogen) atoms. The van der Waals surface area contributed by atoms with Crippen molar-refractivity contribution in [3.8, 4) is 5.75 Å². The molecule has 0 bridgehead atoms. The number of hydrogen-bond donors (Lipinski definition) is 1. The molecule has 0 heterocycles. The van der Waals surface area contributed by atoms with Crippen LogP contribution in [0.4, 0.5) is 0 Å². The Morgan fingerprint density at radius 3 is 2.31 bits per heavy atom. The van der Waals surface area contributed by atoms with Crippen LogP contribution in [-0.4, -0.2) is 5.91 Å². The zero-order chi connectivity index (χ0) is 21.0. The van der Waals surface area contributed by atoms with E-state index < -0.39 is 0 Å². The van der Waals surface area contributed by atoms with Crippen molar-refractivity contribution < 1.29 is 9.53 Å². The number of nitrogens with one attached hydrogen (secondary N) is 1. The molecule has 0 saturated carbocycles. The summed E-state index contributed by atoms with van der Waals surface area (Å²) in [5.41, 5.74) is 6.34. The summed E-state index contributed by atoms with van der Waals surface area (Å²) in [6.45, 7) is 8.67. The van der Waals surface area contributed by atoms with Gasteiger partial charge in [0.25, 0.3) is 5.91 Å². The molecule has 3 aromatic rings. The lowest BCUT2D eigenvalue weighted by Gasteiger charge is -2.18. The van der Waals surface area contributed by atoms with Crippen LogP contribution < -0.4 is 10.1 Å². The highest BCUT2D eigenvalue weighted by Gasteiger charge is 2.14. The lowest BCUT2D eigenvalue weighted by molar-refractivity contribution is 0.0939. The van der Waals surface area contributed by atoms with Crippen molar-refractivity contribution in [3.05, 3.63) is 99.1 Å². The largest absolute Gasteiger partial charge is 0.489 e. The molecular weight excluding hydrogens is 382 g/mol. The van der Waals surface area contributed by atoms with Gasteiger partial charge in [-0.1, -0.05) is 41.9 Å². The van der Waals surface area contributed by atoms with E-state index in [0.29, 0.717) is 22.9 Å². The number of rotatable bonds is 6. The molecule has 3 aromatic carbocycles. The molecule has 0 unspecified atom stereocenters. The number of hydrogen-bond acceptors (Lipinski definition) is 2. The Bertz CT molecular complexity index is 1010. The van der Waals surface area contributed by atoms with Gasteiger partial charge in [0.1, 0.15) is 12.4 Å². The molecule has 0 fully saturated rings. The minimum atomic E-state index is -0.104. The van der Waals surface area contributed by atoms with Crippen molar-refractivity contribution in [1.82, 2.24) is 5.32 Å². The van der Waals surface area contributed by atoms with E-state index in [0.717, 1.165) is 11.1 Å². The molecule has 0 radical (unpaired) electrons. The van der Waals surface area contributed by atoms with E-state index in [4.69, 9.17) is 16.3 Å². The topological polar surface area (TPSA) is 38.3 Å². The molecule has 0 aliphatic carbocycles. The van der Waals surface area contributed by atoms with E-state index in [2.05, 4.69) is 38.2 Å². The zero-order valence-electron chi connectivity index (χ0n) is 17.3. The summed E-state index contributed by atoms with van der Waals surface area (Å²) >= 11 is 6.15. The summed E-state index contributed by atoms with van der Waals surface area (Å²) in [7, 11) is 0. The minimum absolute atomic E-state index is 0.0713. The molecule has 1 N–H and O–H groups in total. The number of benzene rings is 3. The van der Waals surface area contributed by atoms with Gasteiger partial charge in [-0.05, 0) is 80.3 Å². The Morgan fingerprint density at radius 1 is 0.966 bits per heavy atom. The normalized spacial score (nSPS) is 11.8. The highest BCUT2D eigenvalue weighted by Crippen LogP contribution is 2.23. The highest BCUT2D eigenvalue weighted by atomic mass is 35.5. The van der Waals surface area contributed by atoms with E-state index in [1.54, 1.807) is 24.3 Å². The average molecular weight is 408 g/mol. The fourth-order valence-corrected chi connectivity index (χ4v) is 3.48. The Kier molecular flexibility index (Phi) is 6.60. The molecule has 0 aliphatic heterocycles. The van der Waals surface area contributed by atoms with Crippen LogP contribution in [-0.2, 0) is 6.61 Å². The van der Waals surface area contributed by atoms with Crippen LogP contribution in [0, 0.1) is 20.8 Å². The monoisotopic (exact) mass is 407 g/mol. The molecular formula is C25H26ClNO2. The van der Waals surface area contributed by atoms with E-state index >= 15 is 0 Å². The van der Waals surface area contributed by atoms with Crippen molar-refractivity contribution >= 4 is 17.5 Å². The summed E-state index contributed by atoms with van der Waals surface area (Å²) in [4.78, 5) is 12.7. The first kappa shape index (κ1) is 20.9. The van der Waals surface area contributed by atoms with Crippen LogP contribution in [0.15, 0.2) is 60.7 Å². The highest BCUT2D eigenvalue weighted by molar-refractivity contribution is 6.31. The molecule has 1 amide bonds. The Morgan fingerprint density at radius 2 is 1.62 bits per heavy atom. The second kappa shape index (κ2) is 9.15. The van der Waals surface area contributed by atoms with Crippen LogP contribution >= 0.6 is 11.6 Å². The number of amides is 1. The van der Waals surface area contributed by atoms with Crippen LogP contribution in [0.5, 0.6) is 5.75 Å². The van der Waals surface area contributed by atoms with Crippen molar-refractivity contribution in [2.45, 2.75) is 40.3 Å². The van der Waals surface area contributed by atoms with Gasteiger partial charge in [0.05, 0.1) is 6.04 Å². The summed E-state index contributed by atoms with van der Waals surface area (Å²) in [6.07, 6.45) is 0. The summed E-state index contributed by atoms with van der Waals surface area (Å²) in [5.74, 6) is 0.590. The fourth-order valence-electron chi connectivity index (χ4n) is 3.29. The van der Waals surface area contributed by atoms with E-state index in [1.165, 1.54) is 16.7 Å². The lowest BCUT2D eigenvalue weighted by Crippen LogP contribution is -2.27. The van der Waals surface area contributed by atoms with Crippen molar-refractivity contribution in [3.63, 3.8) is 0 Å². The first-order valence-corrected chi connectivity index (χ1v) is 10.1. The maximum atomic E-state index is 12.7. The summed E-state index contributed by atoms with van der Waals surface area (Å²) in [6, 6.07) is 19.0. The maximum Gasteiger partial charge on any atom is 0.251 e. The number of ether oxygens (including phenoxy) is 1. The first-order chi connectivity index (χ1) is 13.8. The van der Waals surface area contributed by atoms with Gasteiger partial charge in [0.15, 0.2) is 0 Å². The molecule has 0 aliphatic rings. The van der Waals surface area contributed by atoms with Gasteiger partial charge in [-0.3, -0.25) is 4.79 Å². The number of aryl methyl sites for hydroxylation is 3. The molecule has 0 spiro atoms. The summed E-state index contributed by atoms with van der Waals surface area (Å²) in [5, 5.41) is 3.77. The predicted octanol–water partition coefficient (Wildman–Crippen LogP) is 6.34. The van der Waals surface area contributed by atoms with Crippen LogP contribution in [0.2, 0.25) is 5.02 Å². The van der Waals surface area contributed by atoms with Crippen LogP contribution in [0.25, 0.3) is 0 Å². The molecule has 4 heteroatoms. The van der Waals surface area contributed by atoms with Gasteiger partial charge >= 0.3 is 0 Å². The van der Waals surface area contributed by atoms with Crippen molar-refractivity contribution in [1.29, 1.82) is 0 Å². The molecule has 0 saturated heterocycles. The van der Waals surface area contributed by atoms with Crippen molar-refractivity contribution in [2.75, 3.05) is 0 Å². The van der Waals surface area contributed by atoms with E-state index in [1.807, 2.05) is 31.2 Å². The van der Waals surface area contributed by atoms with Gasteiger partial charge in [-0.2, -0.15) is 0 Å². The number of carbonyl (C=O) groups is 1. The smallest absolute Gasteiger partial charge is 0.251 e. The number of halogens is 1. The third kappa shape index (κ3) is 5.18. The van der Waals surface area contributed by atoms with Crippen molar-refractivity contribution in [2.24, 2.45) is 0 Å². The van der Waals surface area contributed by atoms with Gasteiger partial charge in [-0.25, -0.2) is 0 Å². The molecule has 1 atom stereocenters. The molecule has 150 valence electrons.